The van der Waals surface area contributed by atoms with Crippen molar-refractivity contribution < 1.29 is 27.5 Å². The Hall–Kier alpha value is -2.83. The maximum atomic E-state index is 14.5. The van der Waals surface area contributed by atoms with Gasteiger partial charge in [0.1, 0.15) is 17.5 Å². The highest BCUT2D eigenvalue weighted by Gasteiger charge is 2.23. The number of methoxy groups -OCH3 is 1. The lowest BCUT2D eigenvalue weighted by molar-refractivity contribution is 0.0595. The summed E-state index contributed by atoms with van der Waals surface area (Å²) >= 11 is 0. The maximum absolute atomic E-state index is 14.5. The molecule has 0 aliphatic heterocycles. The number of halogens is 3. The Morgan fingerprint density at radius 2 is 1.74 bits per heavy atom. The van der Waals surface area contributed by atoms with Crippen LogP contribution in [0.15, 0.2) is 24.3 Å². The van der Waals surface area contributed by atoms with Crippen LogP contribution in [0.1, 0.15) is 27.6 Å². The van der Waals surface area contributed by atoms with Gasteiger partial charge in [0.25, 0.3) is 0 Å². The van der Waals surface area contributed by atoms with E-state index in [1.165, 1.54) is 0 Å². The van der Waals surface area contributed by atoms with Gasteiger partial charge in [-0.05, 0) is 30.7 Å². The van der Waals surface area contributed by atoms with Gasteiger partial charge in [0, 0.05) is 5.69 Å². The maximum Gasteiger partial charge on any atom is 0.340 e. The second-order valence-electron chi connectivity index (χ2n) is 4.75. The molecule has 0 aliphatic rings. The zero-order valence-electron chi connectivity index (χ0n) is 12.2. The monoisotopic (exact) mass is 323 g/mol. The quantitative estimate of drug-likeness (QED) is 0.534. The van der Waals surface area contributed by atoms with Crippen LogP contribution in [0.5, 0.6) is 0 Å². The molecule has 2 aromatic rings. The molecule has 0 aromatic heterocycles. The van der Waals surface area contributed by atoms with Crippen LogP contribution in [0.25, 0.3) is 11.1 Å². The summed E-state index contributed by atoms with van der Waals surface area (Å²) in [6, 6.07) is 3.72. The summed E-state index contributed by atoms with van der Waals surface area (Å²) in [4.78, 5) is 23.0. The fraction of sp³-hybridized carbons (Fsp3) is 0.125. The number of ether oxygens (including phenoxy) is 1. The summed E-state index contributed by atoms with van der Waals surface area (Å²) in [5, 5.41) is 0. The molecule has 0 aliphatic carbocycles. The highest BCUT2D eigenvalue weighted by molar-refractivity contribution is 6.01. The van der Waals surface area contributed by atoms with E-state index in [1.54, 1.807) is 0 Å². The van der Waals surface area contributed by atoms with E-state index < -0.39 is 45.9 Å². The highest BCUT2D eigenvalue weighted by Crippen LogP contribution is 2.32. The van der Waals surface area contributed by atoms with Gasteiger partial charge < -0.3 is 10.5 Å². The lowest BCUT2D eigenvalue weighted by atomic mass is 9.97. The molecule has 0 heterocycles. The zero-order chi connectivity index (χ0) is 17.3. The number of nitrogens with two attached hydrogens (primary N) is 1. The van der Waals surface area contributed by atoms with E-state index in [0.29, 0.717) is 0 Å². The van der Waals surface area contributed by atoms with E-state index >= 15 is 0 Å². The van der Waals surface area contributed by atoms with Gasteiger partial charge in [0.05, 0.1) is 23.8 Å². The average Bonchev–Trinajstić information content (AvgIpc) is 2.47. The van der Waals surface area contributed by atoms with Gasteiger partial charge in [-0.15, -0.1) is 0 Å². The predicted molar refractivity (Wildman–Crippen MR) is 77.5 cm³/mol. The van der Waals surface area contributed by atoms with Crippen molar-refractivity contribution in [2.75, 3.05) is 12.8 Å². The first-order valence-corrected chi connectivity index (χ1v) is 6.44. The summed E-state index contributed by atoms with van der Waals surface area (Å²) in [7, 11) is 1.05. The number of hydrogen-bond donors (Lipinski definition) is 1. The fourth-order valence-electron chi connectivity index (χ4n) is 2.21. The van der Waals surface area contributed by atoms with Crippen molar-refractivity contribution in [3.63, 3.8) is 0 Å². The molecule has 4 nitrogen and oxygen atoms in total. The van der Waals surface area contributed by atoms with Crippen LogP contribution in [-0.4, -0.2) is 18.9 Å². The standard InChI is InChI=1S/C16H12F3NO3/c1-7(21)13-12(20)6-11(18)14(15(13)19)8-3-4-10(17)9(5-8)16(22)23-2/h3-6H,20H2,1-2H3. The molecule has 0 saturated carbocycles. The molecule has 0 amide bonds. The number of hydrogen-bond acceptors (Lipinski definition) is 4. The minimum atomic E-state index is -1.17. The third-order valence-corrected chi connectivity index (χ3v) is 3.26. The Morgan fingerprint density at radius 1 is 1.09 bits per heavy atom. The van der Waals surface area contributed by atoms with Crippen molar-refractivity contribution in [1.82, 2.24) is 0 Å². The van der Waals surface area contributed by atoms with Gasteiger partial charge in [-0.3, -0.25) is 4.79 Å². The van der Waals surface area contributed by atoms with E-state index in [4.69, 9.17) is 5.73 Å². The highest BCUT2D eigenvalue weighted by atomic mass is 19.1. The fourth-order valence-corrected chi connectivity index (χ4v) is 2.21. The van der Waals surface area contributed by atoms with Crippen LogP contribution in [0.3, 0.4) is 0 Å². The molecule has 0 radical (unpaired) electrons. The van der Waals surface area contributed by atoms with Gasteiger partial charge >= 0.3 is 5.97 Å². The van der Waals surface area contributed by atoms with E-state index in [0.717, 1.165) is 38.3 Å². The second kappa shape index (κ2) is 6.12. The second-order valence-corrected chi connectivity index (χ2v) is 4.75. The number of nitrogen functional groups attached to an aromatic ring is 1. The smallest absolute Gasteiger partial charge is 0.340 e. The Labute approximate surface area is 129 Å². The number of carbonyl (C=O) groups is 2. The molecule has 2 aromatic carbocycles. The minimum Gasteiger partial charge on any atom is -0.465 e. The van der Waals surface area contributed by atoms with E-state index in [-0.39, 0.29) is 11.3 Å². The summed E-state index contributed by atoms with van der Waals surface area (Å²) in [5.41, 5.74) is 3.47. The Morgan fingerprint density at radius 3 is 2.30 bits per heavy atom. The van der Waals surface area contributed by atoms with Gasteiger partial charge in [-0.1, -0.05) is 6.07 Å². The van der Waals surface area contributed by atoms with E-state index in [2.05, 4.69) is 4.74 Å². The summed E-state index contributed by atoms with van der Waals surface area (Å²) in [6.45, 7) is 1.08. The number of Topliss-reactive ketones (excluding diaryl/α,β-unsaturated/α-hetero) is 1. The Kier molecular flexibility index (Phi) is 4.40. The number of benzene rings is 2. The van der Waals surface area contributed by atoms with Gasteiger partial charge in [-0.25, -0.2) is 18.0 Å². The molecule has 2 N–H and O–H groups in total. The Bertz CT molecular complexity index is 819. The molecule has 0 unspecified atom stereocenters. The molecule has 0 atom stereocenters. The third kappa shape index (κ3) is 2.90. The van der Waals surface area contributed by atoms with Crippen molar-refractivity contribution in [1.29, 1.82) is 0 Å². The first-order chi connectivity index (χ1) is 10.8. The van der Waals surface area contributed by atoms with E-state index in [9.17, 15) is 22.8 Å². The van der Waals surface area contributed by atoms with Crippen molar-refractivity contribution in [2.45, 2.75) is 6.92 Å². The molecule has 0 saturated heterocycles. The zero-order valence-corrected chi connectivity index (χ0v) is 12.2. The minimum absolute atomic E-state index is 0.121. The number of rotatable bonds is 3. The van der Waals surface area contributed by atoms with Gasteiger partial charge in [0.2, 0.25) is 0 Å². The molecule has 23 heavy (non-hydrogen) atoms. The van der Waals surface area contributed by atoms with E-state index in [1.807, 2.05) is 0 Å². The summed E-state index contributed by atoms with van der Waals surface area (Å²) < 4.78 is 46.7. The van der Waals surface area contributed by atoms with Crippen molar-refractivity contribution in [3.05, 3.63) is 52.8 Å². The first kappa shape index (κ1) is 16.5. The lowest BCUT2D eigenvalue weighted by Gasteiger charge is -2.12. The first-order valence-electron chi connectivity index (χ1n) is 6.44. The predicted octanol–water partition coefficient (Wildman–Crippen LogP) is 3.34. The van der Waals surface area contributed by atoms with Gasteiger partial charge in [0.15, 0.2) is 5.78 Å². The van der Waals surface area contributed by atoms with Crippen molar-refractivity contribution >= 4 is 17.4 Å². The summed E-state index contributed by atoms with van der Waals surface area (Å²) in [5.74, 6) is -4.78. The van der Waals surface area contributed by atoms with Crippen LogP contribution < -0.4 is 5.73 Å². The third-order valence-electron chi connectivity index (χ3n) is 3.26. The summed E-state index contributed by atoms with van der Waals surface area (Å²) in [6.07, 6.45) is 0. The molecule has 0 spiro atoms. The molecule has 0 bridgehead atoms. The molecule has 120 valence electrons. The molecule has 0 fully saturated rings. The lowest BCUT2D eigenvalue weighted by Crippen LogP contribution is -2.08. The molecule has 7 heteroatoms. The topological polar surface area (TPSA) is 69.4 Å². The largest absolute Gasteiger partial charge is 0.465 e. The van der Waals surface area contributed by atoms with Crippen molar-refractivity contribution in [2.24, 2.45) is 0 Å². The average molecular weight is 323 g/mol. The number of ketones is 1. The molecular weight excluding hydrogens is 311 g/mol. The SMILES string of the molecule is COC(=O)c1cc(-c2c(F)cc(N)c(C(C)=O)c2F)ccc1F. The number of anilines is 1. The molecular formula is C16H12F3NO3. The number of carbonyl (C=O) groups excluding carboxylic acids is 2. The number of esters is 1. The van der Waals surface area contributed by atoms with Crippen LogP contribution >= 0.6 is 0 Å². The van der Waals surface area contributed by atoms with Crippen LogP contribution in [0, 0.1) is 17.5 Å². The molecule has 2 rings (SSSR count). The van der Waals surface area contributed by atoms with Crippen molar-refractivity contribution in [3.8, 4) is 11.1 Å². The Balaban J connectivity index is 2.75. The van der Waals surface area contributed by atoms with Gasteiger partial charge in [-0.2, -0.15) is 0 Å². The normalized spacial score (nSPS) is 10.5. The van der Waals surface area contributed by atoms with Crippen LogP contribution in [0.2, 0.25) is 0 Å². The van der Waals surface area contributed by atoms with Crippen LogP contribution in [-0.2, 0) is 4.74 Å². The van der Waals surface area contributed by atoms with Crippen LogP contribution in [0.4, 0.5) is 18.9 Å².